The summed E-state index contributed by atoms with van der Waals surface area (Å²) in [6, 6.07) is 3.85. The van der Waals surface area contributed by atoms with Crippen molar-refractivity contribution in [1.82, 2.24) is 4.98 Å². The number of nitrogens with zero attached hydrogens (tertiary/aromatic N) is 3. The third-order valence-electron chi connectivity index (χ3n) is 2.54. The molecule has 1 unspecified atom stereocenters. The van der Waals surface area contributed by atoms with Gasteiger partial charge in [-0.05, 0) is 12.1 Å². The number of pyridine rings is 1. The molecule has 0 saturated carbocycles. The van der Waals surface area contributed by atoms with E-state index in [1.807, 2.05) is 12.1 Å². The zero-order chi connectivity index (χ0) is 11.4. The summed E-state index contributed by atoms with van der Waals surface area (Å²) in [6.45, 7) is 1.93. The van der Waals surface area contributed by atoms with Crippen molar-refractivity contribution in [2.24, 2.45) is 10.9 Å². The molecule has 0 aliphatic carbocycles. The normalized spacial score (nSPS) is 22.1. The van der Waals surface area contributed by atoms with Gasteiger partial charge in [0.1, 0.15) is 6.10 Å². The highest BCUT2D eigenvalue weighted by Crippen LogP contribution is 2.16. The number of nitrogens with two attached hydrogens (primary N) is 1. The largest absolute Gasteiger partial charge is 0.409 e. The number of rotatable bonds is 2. The molecule has 6 nitrogen and oxygen atoms in total. The maximum Gasteiger partial charge on any atom is 0.170 e. The van der Waals surface area contributed by atoms with Crippen LogP contribution in [0.5, 0.6) is 0 Å². The first-order valence-electron chi connectivity index (χ1n) is 5.05. The number of anilines is 1. The Morgan fingerprint density at radius 1 is 1.56 bits per heavy atom. The van der Waals surface area contributed by atoms with Gasteiger partial charge in [0, 0.05) is 24.6 Å². The molecule has 1 atom stereocenters. The zero-order valence-corrected chi connectivity index (χ0v) is 8.78. The van der Waals surface area contributed by atoms with Gasteiger partial charge in [-0.15, -0.1) is 0 Å². The van der Waals surface area contributed by atoms with Gasteiger partial charge in [-0.3, -0.25) is 4.98 Å². The second-order valence-electron chi connectivity index (χ2n) is 3.54. The van der Waals surface area contributed by atoms with Crippen LogP contribution >= 0.6 is 0 Å². The second kappa shape index (κ2) is 4.80. The summed E-state index contributed by atoms with van der Waals surface area (Å²) in [7, 11) is 0. The van der Waals surface area contributed by atoms with Gasteiger partial charge in [-0.1, -0.05) is 5.16 Å². The molecule has 1 aromatic rings. The van der Waals surface area contributed by atoms with Gasteiger partial charge in [0.25, 0.3) is 0 Å². The van der Waals surface area contributed by atoms with Crippen molar-refractivity contribution < 1.29 is 9.94 Å². The van der Waals surface area contributed by atoms with Crippen LogP contribution in [0.1, 0.15) is 0 Å². The third kappa shape index (κ3) is 2.22. The second-order valence-corrected chi connectivity index (χ2v) is 3.54. The third-order valence-corrected chi connectivity index (χ3v) is 2.54. The number of morpholine rings is 1. The molecule has 1 fully saturated rings. The number of amidine groups is 1. The molecule has 0 bridgehead atoms. The molecule has 2 heterocycles. The van der Waals surface area contributed by atoms with Crippen LogP contribution in [0, 0.1) is 0 Å². The molecular weight excluding hydrogens is 208 g/mol. The summed E-state index contributed by atoms with van der Waals surface area (Å²) in [6.07, 6.45) is 3.12. The summed E-state index contributed by atoms with van der Waals surface area (Å²) < 4.78 is 5.41. The molecule has 1 aromatic heterocycles. The SMILES string of the molecule is NC(=NO)C1CN(c2ccncc2)CCO1. The first-order chi connectivity index (χ1) is 7.81. The van der Waals surface area contributed by atoms with E-state index >= 15 is 0 Å². The first kappa shape index (κ1) is 10.7. The topological polar surface area (TPSA) is 84.0 Å². The minimum absolute atomic E-state index is 0.110. The Bertz CT molecular complexity index is 368. The van der Waals surface area contributed by atoms with Crippen LogP contribution in [0.3, 0.4) is 0 Å². The predicted octanol–water partition coefficient (Wildman–Crippen LogP) is 0.0332. The van der Waals surface area contributed by atoms with Crippen LogP contribution in [0.2, 0.25) is 0 Å². The van der Waals surface area contributed by atoms with E-state index in [0.717, 1.165) is 12.2 Å². The number of oxime groups is 1. The Morgan fingerprint density at radius 3 is 3.00 bits per heavy atom. The van der Waals surface area contributed by atoms with Crippen molar-refractivity contribution in [3.05, 3.63) is 24.5 Å². The minimum Gasteiger partial charge on any atom is -0.409 e. The van der Waals surface area contributed by atoms with Gasteiger partial charge in [0.05, 0.1) is 13.2 Å². The maximum atomic E-state index is 8.60. The molecule has 1 aliphatic heterocycles. The molecule has 0 radical (unpaired) electrons. The monoisotopic (exact) mass is 222 g/mol. The van der Waals surface area contributed by atoms with Gasteiger partial charge >= 0.3 is 0 Å². The van der Waals surface area contributed by atoms with E-state index in [1.54, 1.807) is 12.4 Å². The van der Waals surface area contributed by atoms with Gasteiger partial charge < -0.3 is 20.6 Å². The Kier molecular flexibility index (Phi) is 3.21. The van der Waals surface area contributed by atoms with E-state index in [4.69, 9.17) is 15.7 Å². The lowest BCUT2D eigenvalue weighted by molar-refractivity contribution is 0.0807. The van der Waals surface area contributed by atoms with Crippen molar-refractivity contribution in [2.45, 2.75) is 6.10 Å². The van der Waals surface area contributed by atoms with Crippen molar-refractivity contribution in [3.63, 3.8) is 0 Å². The predicted molar refractivity (Wildman–Crippen MR) is 59.6 cm³/mol. The molecule has 86 valence electrons. The van der Waals surface area contributed by atoms with Gasteiger partial charge in [-0.25, -0.2) is 0 Å². The van der Waals surface area contributed by atoms with Crippen LogP contribution in [0.25, 0.3) is 0 Å². The average molecular weight is 222 g/mol. The van der Waals surface area contributed by atoms with E-state index in [9.17, 15) is 0 Å². The van der Waals surface area contributed by atoms with E-state index in [-0.39, 0.29) is 11.9 Å². The minimum atomic E-state index is -0.355. The fraction of sp³-hybridized carbons (Fsp3) is 0.400. The van der Waals surface area contributed by atoms with Crippen molar-refractivity contribution in [2.75, 3.05) is 24.6 Å². The Balaban J connectivity index is 2.08. The number of ether oxygens (including phenoxy) is 1. The average Bonchev–Trinajstić information content (AvgIpc) is 2.39. The van der Waals surface area contributed by atoms with Crippen LogP contribution in [-0.4, -0.2) is 41.8 Å². The lowest BCUT2D eigenvalue weighted by Gasteiger charge is -2.33. The molecule has 1 saturated heterocycles. The van der Waals surface area contributed by atoms with E-state index in [2.05, 4.69) is 15.0 Å². The highest BCUT2D eigenvalue weighted by Gasteiger charge is 2.23. The fourth-order valence-electron chi connectivity index (χ4n) is 1.68. The number of hydrogen-bond donors (Lipinski definition) is 2. The summed E-state index contributed by atoms with van der Waals surface area (Å²) in [5.41, 5.74) is 6.59. The molecule has 0 amide bonds. The van der Waals surface area contributed by atoms with Gasteiger partial charge in [-0.2, -0.15) is 0 Å². The Morgan fingerprint density at radius 2 is 2.31 bits per heavy atom. The Hall–Kier alpha value is -1.82. The lowest BCUT2D eigenvalue weighted by Crippen LogP contribution is -2.48. The van der Waals surface area contributed by atoms with Crippen molar-refractivity contribution in [1.29, 1.82) is 0 Å². The zero-order valence-electron chi connectivity index (χ0n) is 8.78. The summed E-state index contributed by atoms with van der Waals surface area (Å²) in [5.74, 6) is 0.110. The smallest absolute Gasteiger partial charge is 0.170 e. The van der Waals surface area contributed by atoms with Crippen LogP contribution in [0.4, 0.5) is 5.69 Å². The molecule has 3 N–H and O–H groups in total. The van der Waals surface area contributed by atoms with E-state index in [0.29, 0.717) is 13.2 Å². The van der Waals surface area contributed by atoms with Gasteiger partial charge in [0.2, 0.25) is 0 Å². The maximum absolute atomic E-state index is 8.60. The quantitative estimate of drug-likeness (QED) is 0.319. The highest BCUT2D eigenvalue weighted by atomic mass is 16.5. The van der Waals surface area contributed by atoms with Crippen LogP contribution in [0.15, 0.2) is 29.7 Å². The molecule has 0 aromatic carbocycles. The molecule has 2 rings (SSSR count). The number of hydrogen-bond acceptors (Lipinski definition) is 5. The molecule has 16 heavy (non-hydrogen) atoms. The highest BCUT2D eigenvalue weighted by molar-refractivity contribution is 5.85. The molecule has 0 spiro atoms. The standard InChI is InChI=1S/C10H14N4O2/c11-10(13-15)9-7-14(5-6-16-9)8-1-3-12-4-2-8/h1-4,9,15H,5-7H2,(H2,11,13). The summed E-state index contributed by atoms with van der Waals surface area (Å²) >= 11 is 0. The van der Waals surface area contributed by atoms with Crippen LogP contribution in [-0.2, 0) is 4.74 Å². The van der Waals surface area contributed by atoms with Crippen molar-refractivity contribution >= 4 is 11.5 Å². The van der Waals surface area contributed by atoms with Gasteiger partial charge in [0.15, 0.2) is 5.84 Å². The molecular formula is C10H14N4O2. The van der Waals surface area contributed by atoms with Crippen LogP contribution < -0.4 is 10.6 Å². The van der Waals surface area contributed by atoms with E-state index < -0.39 is 0 Å². The fourth-order valence-corrected chi connectivity index (χ4v) is 1.68. The van der Waals surface area contributed by atoms with E-state index in [1.165, 1.54) is 0 Å². The molecule has 6 heteroatoms. The lowest BCUT2D eigenvalue weighted by atomic mass is 10.2. The summed E-state index contributed by atoms with van der Waals surface area (Å²) in [4.78, 5) is 6.08. The Labute approximate surface area is 93.3 Å². The molecule has 1 aliphatic rings. The van der Waals surface area contributed by atoms with Crippen molar-refractivity contribution in [3.8, 4) is 0 Å². The number of aromatic nitrogens is 1. The summed E-state index contributed by atoms with van der Waals surface area (Å²) in [5, 5.41) is 11.6. The first-order valence-corrected chi connectivity index (χ1v) is 5.05.